The first-order valence-electron chi connectivity index (χ1n) is 10.6. The van der Waals surface area contributed by atoms with Gasteiger partial charge in [0.05, 0.1) is 25.7 Å². The molecule has 1 aromatic rings. The van der Waals surface area contributed by atoms with Crippen LogP contribution < -0.4 is 15.8 Å². The summed E-state index contributed by atoms with van der Waals surface area (Å²) in [5, 5.41) is 10.1. The highest BCUT2D eigenvalue weighted by Gasteiger charge is 2.27. The second kappa shape index (κ2) is 11.0. The van der Waals surface area contributed by atoms with E-state index < -0.39 is 5.92 Å². The average molecular weight is 422 g/mol. The maximum atomic E-state index is 12.8. The molecule has 30 heavy (non-hydrogen) atoms. The molecule has 2 heterocycles. The number of nitrogens with one attached hydrogen (secondary N) is 2. The molecule has 1 saturated heterocycles. The Morgan fingerprint density at radius 2 is 2.03 bits per heavy atom. The van der Waals surface area contributed by atoms with Crippen LogP contribution >= 0.6 is 0 Å². The van der Waals surface area contributed by atoms with Crippen LogP contribution in [0.1, 0.15) is 44.9 Å². The number of aryl methyl sites for hydroxylation is 1. The van der Waals surface area contributed by atoms with Crippen molar-refractivity contribution in [2.75, 3.05) is 43.2 Å². The van der Waals surface area contributed by atoms with Crippen molar-refractivity contribution >= 4 is 24.2 Å². The molecule has 1 saturated carbocycles. The van der Waals surface area contributed by atoms with Crippen molar-refractivity contribution in [1.29, 1.82) is 0 Å². The SMILES string of the molecule is CCc1nc(NNC(=O)[C@H](CC2CCCC2)CN(O)C=O)nc(N2CCOCC2)n1. The molecule has 1 aromatic heterocycles. The largest absolute Gasteiger partial charge is 0.378 e. The van der Waals surface area contributed by atoms with Gasteiger partial charge in [-0.3, -0.25) is 25.6 Å². The van der Waals surface area contributed by atoms with Gasteiger partial charge < -0.3 is 9.64 Å². The number of hydroxylamine groups is 2. The van der Waals surface area contributed by atoms with E-state index in [9.17, 15) is 14.8 Å². The van der Waals surface area contributed by atoms with Crippen LogP contribution in [-0.2, 0) is 20.7 Å². The van der Waals surface area contributed by atoms with Crippen molar-refractivity contribution in [1.82, 2.24) is 25.4 Å². The van der Waals surface area contributed by atoms with Crippen LogP contribution in [0.15, 0.2) is 0 Å². The van der Waals surface area contributed by atoms with E-state index in [1.165, 1.54) is 0 Å². The van der Waals surface area contributed by atoms with Gasteiger partial charge in [0.25, 0.3) is 0 Å². The third kappa shape index (κ3) is 6.23. The number of amides is 2. The Bertz CT molecular complexity index is 708. The predicted molar refractivity (Wildman–Crippen MR) is 109 cm³/mol. The first-order valence-corrected chi connectivity index (χ1v) is 10.6. The standard InChI is InChI=1S/C19H31N7O4/c1-2-16-20-18(22-19(21-16)25-7-9-30-10-8-25)24-23-17(28)15(12-26(29)13-27)11-14-5-3-4-6-14/h13-15,29H,2-12H2,1H3,(H,23,28)(H,20,21,22,24)/t15-/m1/s1. The van der Waals surface area contributed by atoms with E-state index in [0.29, 0.717) is 68.3 Å². The van der Waals surface area contributed by atoms with E-state index in [1.807, 2.05) is 11.8 Å². The number of hydrogen-bond acceptors (Lipinski definition) is 9. The smallest absolute Gasteiger partial charge is 0.246 e. The maximum Gasteiger partial charge on any atom is 0.246 e. The molecule has 2 fully saturated rings. The third-order valence-corrected chi connectivity index (χ3v) is 5.57. The lowest BCUT2D eigenvalue weighted by molar-refractivity contribution is -0.154. The van der Waals surface area contributed by atoms with Crippen LogP contribution in [0.5, 0.6) is 0 Å². The highest BCUT2D eigenvalue weighted by Crippen LogP contribution is 2.30. The van der Waals surface area contributed by atoms with Crippen LogP contribution in [-0.4, -0.2) is 70.4 Å². The summed E-state index contributed by atoms with van der Waals surface area (Å²) in [7, 11) is 0. The summed E-state index contributed by atoms with van der Waals surface area (Å²) < 4.78 is 5.37. The molecule has 0 bridgehead atoms. The van der Waals surface area contributed by atoms with E-state index in [0.717, 1.165) is 25.7 Å². The number of aromatic nitrogens is 3. The molecule has 1 atom stereocenters. The average Bonchev–Trinajstić information content (AvgIpc) is 3.30. The highest BCUT2D eigenvalue weighted by atomic mass is 16.5. The molecule has 11 heteroatoms. The molecule has 0 radical (unpaired) electrons. The van der Waals surface area contributed by atoms with Gasteiger partial charge in [-0.05, 0) is 12.3 Å². The zero-order chi connectivity index (χ0) is 21.3. The highest BCUT2D eigenvalue weighted by molar-refractivity contribution is 5.80. The lowest BCUT2D eigenvalue weighted by Crippen LogP contribution is -2.41. The number of nitrogens with zero attached hydrogens (tertiary/aromatic N) is 5. The number of ether oxygens (including phenoxy) is 1. The van der Waals surface area contributed by atoms with Gasteiger partial charge in [-0.1, -0.05) is 32.6 Å². The summed E-state index contributed by atoms with van der Waals surface area (Å²) in [5.41, 5.74) is 5.43. The number of anilines is 2. The van der Waals surface area contributed by atoms with Crippen LogP contribution in [0.25, 0.3) is 0 Å². The van der Waals surface area contributed by atoms with Crippen molar-refractivity contribution in [3.8, 4) is 0 Å². The fourth-order valence-electron chi connectivity index (χ4n) is 3.93. The Morgan fingerprint density at radius 3 is 2.70 bits per heavy atom. The van der Waals surface area contributed by atoms with Crippen molar-refractivity contribution in [3.05, 3.63) is 5.82 Å². The minimum Gasteiger partial charge on any atom is -0.378 e. The van der Waals surface area contributed by atoms with Gasteiger partial charge >= 0.3 is 0 Å². The number of carbonyl (C=O) groups excluding carboxylic acids is 2. The van der Waals surface area contributed by atoms with Gasteiger partial charge in [0, 0.05) is 19.5 Å². The Kier molecular flexibility index (Phi) is 8.14. The molecule has 0 spiro atoms. The molecule has 1 aliphatic carbocycles. The maximum absolute atomic E-state index is 12.8. The summed E-state index contributed by atoms with van der Waals surface area (Å²) in [4.78, 5) is 38.9. The summed E-state index contributed by atoms with van der Waals surface area (Å²) in [6, 6.07) is 0. The molecule has 0 aromatic carbocycles. The fourth-order valence-corrected chi connectivity index (χ4v) is 3.93. The minimum absolute atomic E-state index is 0.0516. The van der Waals surface area contributed by atoms with Crippen molar-refractivity contribution in [2.45, 2.75) is 45.4 Å². The van der Waals surface area contributed by atoms with Crippen LogP contribution in [0.2, 0.25) is 0 Å². The quantitative estimate of drug-likeness (QED) is 0.284. The number of carbonyl (C=O) groups is 2. The lowest BCUT2D eigenvalue weighted by atomic mass is 9.92. The minimum atomic E-state index is -0.526. The number of morpholine rings is 1. The molecule has 2 aliphatic rings. The molecule has 1 aliphatic heterocycles. The monoisotopic (exact) mass is 421 g/mol. The van der Waals surface area contributed by atoms with Gasteiger partial charge in [-0.2, -0.15) is 15.0 Å². The van der Waals surface area contributed by atoms with Crippen molar-refractivity contribution in [3.63, 3.8) is 0 Å². The number of hydrogen-bond donors (Lipinski definition) is 3. The van der Waals surface area contributed by atoms with Gasteiger partial charge in [0.1, 0.15) is 5.82 Å². The van der Waals surface area contributed by atoms with Crippen LogP contribution in [0.3, 0.4) is 0 Å². The summed E-state index contributed by atoms with van der Waals surface area (Å²) in [6.07, 6.45) is 6.02. The normalized spacial score (nSPS) is 18.1. The molecule has 3 rings (SSSR count). The molecule has 11 nitrogen and oxygen atoms in total. The fraction of sp³-hybridized carbons (Fsp3) is 0.737. The Labute approximate surface area is 176 Å². The lowest BCUT2D eigenvalue weighted by Gasteiger charge is -2.27. The van der Waals surface area contributed by atoms with Gasteiger partial charge in [-0.15, -0.1) is 0 Å². The second-order valence-corrected chi connectivity index (χ2v) is 7.75. The van der Waals surface area contributed by atoms with Crippen molar-refractivity contribution in [2.24, 2.45) is 11.8 Å². The van der Waals surface area contributed by atoms with Gasteiger partial charge in [0.2, 0.25) is 24.2 Å². The van der Waals surface area contributed by atoms with Crippen LogP contribution in [0, 0.1) is 11.8 Å². The van der Waals surface area contributed by atoms with Crippen molar-refractivity contribution < 1.29 is 19.5 Å². The zero-order valence-electron chi connectivity index (χ0n) is 17.4. The number of hydrazine groups is 1. The molecule has 2 amide bonds. The molecule has 3 N–H and O–H groups in total. The number of rotatable bonds is 10. The summed E-state index contributed by atoms with van der Waals surface area (Å²) in [6.45, 7) is 4.52. The molecular weight excluding hydrogens is 390 g/mol. The third-order valence-electron chi connectivity index (χ3n) is 5.57. The summed E-state index contributed by atoms with van der Waals surface area (Å²) in [5.74, 6) is 1.02. The first-order chi connectivity index (χ1) is 14.6. The van der Waals surface area contributed by atoms with E-state index in [4.69, 9.17) is 4.74 Å². The van der Waals surface area contributed by atoms with E-state index in [-0.39, 0.29) is 18.4 Å². The molecule has 166 valence electrons. The Hall–Kier alpha value is -2.53. The van der Waals surface area contributed by atoms with E-state index in [1.54, 1.807) is 0 Å². The van der Waals surface area contributed by atoms with Gasteiger partial charge in [0.15, 0.2) is 0 Å². The summed E-state index contributed by atoms with van der Waals surface area (Å²) >= 11 is 0. The Balaban J connectivity index is 1.64. The van der Waals surface area contributed by atoms with E-state index in [2.05, 4.69) is 25.8 Å². The Morgan fingerprint density at radius 1 is 1.30 bits per heavy atom. The second-order valence-electron chi connectivity index (χ2n) is 7.75. The topological polar surface area (TPSA) is 133 Å². The van der Waals surface area contributed by atoms with Crippen LogP contribution in [0.4, 0.5) is 11.9 Å². The predicted octanol–water partition coefficient (Wildman–Crippen LogP) is 0.758. The van der Waals surface area contributed by atoms with E-state index >= 15 is 0 Å². The zero-order valence-corrected chi connectivity index (χ0v) is 17.4. The molecular formula is C19H31N7O4. The molecule has 0 unspecified atom stereocenters. The van der Waals surface area contributed by atoms with Gasteiger partial charge in [-0.25, -0.2) is 5.06 Å². The first kappa shape index (κ1) is 22.2.